The molecule has 7 atom stereocenters. The lowest BCUT2D eigenvalue weighted by molar-refractivity contribution is -0.203. The van der Waals surface area contributed by atoms with E-state index in [-0.39, 0.29) is 24.1 Å². The van der Waals surface area contributed by atoms with Gasteiger partial charge in [0.15, 0.2) is 5.78 Å². The highest BCUT2D eigenvalue weighted by Crippen LogP contribution is 2.65. The SMILES string of the molecule is COC(=O)[C@@H]1C[C@H](NC(=O)c2ccccc2)C(=O)[C@H]2[C@@]1(C)CC[C@H]1C(=O)O[C@H](c3ccoc3)C[C@]21C. The number of Topliss-reactive ketones (excluding diaryl/α,β-unsaturated/α-hetero) is 1. The van der Waals surface area contributed by atoms with Crippen LogP contribution in [0, 0.1) is 28.6 Å². The quantitative estimate of drug-likeness (QED) is 0.644. The number of cyclic esters (lactones) is 1. The van der Waals surface area contributed by atoms with Crippen molar-refractivity contribution in [1.29, 1.82) is 0 Å². The van der Waals surface area contributed by atoms with E-state index in [1.54, 1.807) is 36.6 Å². The average molecular weight is 494 g/mol. The molecular formula is C28H31NO7. The van der Waals surface area contributed by atoms with Gasteiger partial charge in [-0.15, -0.1) is 0 Å². The zero-order valence-corrected chi connectivity index (χ0v) is 20.7. The standard InChI is InChI=1S/C28H31NO7/c1-27-11-9-18-26(33)36-21(17-10-12-35-15-17)14-28(18,2)23(27)22(30)20(13-19(27)25(32)34-3)29-24(31)16-7-5-4-6-8-16/h4-8,10,12,15,18-21,23H,9,11,13-14H2,1-3H3,(H,29,31)/t18-,19-,20-,21-,23-,27-,28-/m0/s1. The van der Waals surface area contributed by atoms with Gasteiger partial charge in [-0.1, -0.05) is 32.0 Å². The summed E-state index contributed by atoms with van der Waals surface area (Å²) in [6.45, 7) is 3.92. The van der Waals surface area contributed by atoms with Crippen LogP contribution in [0.3, 0.4) is 0 Å². The van der Waals surface area contributed by atoms with Crippen molar-refractivity contribution in [3.8, 4) is 0 Å². The highest BCUT2D eigenvalue weighted by molar-refractivity contribution is 6.00. The number of furan rings is 1. The zero-order chi connectivity index (χ0) is 25.7. The van der Waals surface area contributed by atoms with E-state index < -0.39 is 46.7 Å². The third-order valence-electron chi connectivity index (χ3n) is 8.89. The van der Waals surface area contributed by atoms with E-state index in [2.05, 4.69) is 5.32 Å². The van der Waals surface area contributed by atoms with Crippen molar-refractivity contribution in [2.45, 2.75) is 51.7 Å². The minimum absolute atomic E-state index is 0.144. The summed E-state index contributed by atoms with van der Waals surface area (Å²) in [5, 5.41) is 2.88. The zero-order valence-electron chi connectivity index (χ0n) is 20.7. The average Bonchev–Trinajstić information content (AvgIpc) is 3.40. The molecule has 2 saturated carbocycles. The van der Waals surface area contributed by atoms with Crippen LogP contribution >= 0.6 is 0 Å². The summed E-state index contributed by atoms with van der Waals surface area (Å²) >= 11 is 0. The van der Waals surface area contributed by atoms with E-state index in [1.165, 1.54) is 13.4 Å². The summed E-state index contributed by atoms with van der Waals surface area (Å²) in [6, 6.07) is 9.55. The molecule has 8 heteroatoms. The van der Waals surface area contributed by atoms with Crippen molar-refractivity contribution in [2.24, 2.45) is 28.6 Å². The van der Waals surface area contributed by atoms with E-state index >= 15 is 0 Å². The molecule has 1 N–H and O–H groups in total. The largest absolute Gasteiger partial charge is 0.472 e. The van der Waals surface area contributed by atoms with Crippen LogP contribution in [0.4, 0.5) is 0 Å². The number of methoxy groups -OCH3 is 1. The number of ether oxygens (including phenoxy) is 2. The lowest BCUT2D eigenvalue weighted by Crippen LogP contribution is -2.66. The Labute approximate surface area is 209 Å². The van der Waals surface area contributed by atoms with Crippen LogP contribution in [0.25, 0.3) is 0 Å². The van der Waals surface area contributed by atoms with Crippen molar-refractivity contribution < 1.29 is 33.1 Å². The molecule has 0 bridgehead atoms. The Morgan fingerprint density at radius 2 is 1.83 bits per heavy atom. The van der Waals surface area contributed by atoms with Crippen molar-refractivity contribution in [1.82, 2.24) is 5.32 Å². The van der Waals surface area contributed by atoms with Gasteiger partial charge < -0.3 is 19.2 Å². The summed E-state index contributed by atoms with van der Waals surface area (Å²) in [7, 11) is 1.34. The van der Waals surface area contributed by atoms with Crippen molar-refractivity contribution in [3.05, 3.63) is 60.1 Å². The molecule has 5 rings (SSSR count). The van der Waals surface area contributed by atoms with Crippen LogP contribution < -0.4 is 5.32 Å². The van der Waals surface area contributed by atoms with Crippen LogP contribution in [0.5, 0.6) is 0 Å². The summed E-state index contributed by atoms with van der Waals surface area (Å²) < 4.78 is 16.2. The molecule has 1 aromatic carbocycles. The maximum atomic E-state index is 14.2. The van der Waals surface area contributed by atoms with E-state index in [9.17, 15) is 19.2 Å². The summed E-state index contributed by atoms with van der Waals surface area (Å²) in [6.07, 6.45) is 4.12. The lowest BCUT2D eigenvalue weighted by Gasteiger charge is -2.61. The maximum absolute atomic E-state index is 14.2. The predicted molar refractivity (Wildman–Crippen MR) is 127 cm³/mol. The topological polar surface area (TPSA) is 112 Å². The van der Waals surface area contributed by atoms with Crippen LogP contribution in [-0.2, 0) is 23.9 Å². The molecule has 2 heterocycles. The molecule has 1 saturated heterocycles. The van der Waals surface area contributed by atoms with Gasteiger partial charge in [-0.3, -0.25) is 19.2 Å². The first kappa shape index (κ1) is 24.3. The number of ketones is 1. The summed E-state index contributed by atoms with van der Waals surface area (Å²) in [5.41, 5.74) is -0.328. The van der Waals surface area contributed by atoms with Crippen LogP contribution in [0.2, 0.25) is 0 Å². The van der Waals surface area contributed by atoms with Crippen LogP contribution in [-0.4, -0.2) is 36.8 Å². The Morgan fingerprint density at radius 3 is 2.50 bits per heavy atom. The van der Waals surface area contributed by atoms with Crippen LogP contribution in [0.1, 0.15) is 61.6 Å². The first-order valence-corrected chi connectivity index (χ1v) is 12.4. The Kier molecular flexibility index (Phi) is 6.01. The van der Waals surface area contributed by atoms with Gasteiger partial charge in [0.25, 0.3) is 5.91 Å². The van der Waals surface area contributed by atoms with Gasteiger partial charge in [0.2, 0.25) is 0 Å². The minimum atomic E-state index is -0.874. The highest BCUT2D eigenvalue weighted by atomic mass is 16.5. The number of amides is 1. The molecule has 2 aromatic rings. The molecule has 8 nitrogen and oxygen atoms in total. The Bertz CT molecular complexity index is 1180. The molecule has 3 fully saturated rings. The van der Waals surface area contributed by atoms with Gasteiger partial charge in [-0.05, 0) is 54.7 Å². The second kappa shape index (κ2) is 8.91. The first-order valence-electron chi connectivity index (χ1n) is 12.4. The third-order valence-corrected chi connectivity index (χ3v) is 8.89. The number of benzene rings is 1. The lowest BCUT2D eigenvalue weighted by atomic mass is 9.43. The molecule has 0 radical (unpaired) electrons. The Hall–Kier alpha value is -3.42. The second-order valence-electron chi connectivity index (χ2n) is 10.8. The van der Waals surface area contributed by atoms with Gasteiger partial charge in [-0.2, -0.15) is 0 Å². The van der Waals surface area contributed by atoms with Gasteiger partial charge in [0, 0.05) is 17.0 Å². The number of rotatable bonds is 4. The normalized spacial score (nSPS) is 35.7. The molecule has 2 aliphatic carbocycles. The fraction of sp³-hybridized carbons (Fsp3) is 0.500. The molecule has 190 valence electrons. The highest BCUT2D eigenvalue weighted by Gasteiger charge is 2.67. The van der Waals surface area contributed by atoms with Gasteiger partial charge in [0.1, 0.15) is 6.10 Å². The number of carbonyl (C=O) groups excluding carboxylic acids is 4. The smallest absolute Gasteiger partial charge is 0.310 e. The Balaban J connectivity index is 1.54. The summed E-state index contributed by atoms with van der Waals surface area (Å²) in [4.78, 5) is 53.5. The number of nitrogens with one attached hydrogen (secondary N) is 1. The fourth-order valence-electron chi connectivity index (χ4n) is 7.16. The van der Waals surface area contributed by atoms with E-state index in [1.807, 2.05) is 19.9 Å². The molecule has 3 aliphatic rings. The molecule has 36 heavy (non-hydrogen) atoms. The van der Waals surface area contributed by atoms with Crippen molar-refractivity contribution >= 4 is 23.6 Å². The third kappa shape index (κ3) is 3.74. The van der Waals surface area contributed by atoms with Crippen LogP contribution in [0.15, 0.2) is 53.3 Å². The Morgan fingerprint density at radius 1 is 1.08 bits per heavy atom. The van der Waals surface area contributed by atoms with Gasteiger partial charge >= 0.3 is 11.9 Å². The number of carbonyl (C=O) groups is 4. The minimum Gasteiger partial charge on any atom is -0.472 e. The molecule has 1 aromatic heterocycles. The molecule has 1 amide bonds. The number of esters is 2. The number of fused-ring (bicyclic) bond motifs is 3. The molecular weight excluding hydrogens is 462 g/mol. The van der Waals surface area contributed by atoms with Gasteiger partial charge in [-0.25, -0.2) is 0 Å². The maximum Gasteiger partial charge on any atom is 0.310 e. The monoisotopic (exact) mass is 493 g/mol. The van der Waals surface area contributed by atoms with E-state index in [0.717, 1.165) is 5.56 Å². The number of hydrogen-bond acceptors (Lipinski definition) is 7. The van der Waals surface area contributed by atoms with Crippen molar-refractivity contribution in [2.75, 3.05) is 7.11 Å². The molecule has 0 unspecified atom stereocenters. The first-order chi connectivity index (χ1) is 17.2. The molecule has 0 spiro atoms. The van der Waals surface area contributed by atoms with Gasteiger partial charge in [0.05, 0.1) is 37.5 Å². The number of hydrogen-bond donors (Lipinski definition) is 1. The van der Waals surface area contributed by atoms with Crippen molar-refractivity contribution in [3.63, 3.8) is 0 Å². The predicted octanol–water partition coefficient (Wildman–Crippen LogP) is 3.87. The van der Waals surface area contributed by atoms with E-state index in [0.29, 0.717) is 24.8 Å². The summed E-state index contributed by atoms with van der Waals surface area (Å²) in [5.74, 6) is -2.99. The molecule has 1 aliphatic heterocycles. The fourth-order valence-corrected chi connectivity index (χ4v) is 7.16. The second-order valence-corrected chi connectivity index (χ2v) is 10.8. The van der Waals surface area contributed by atoms with E-state index in [4.69, 9.17) is 13.9 Å².